The monoisotopic (exact) mass is 388 g/mol. The van der Waals surface area contributed by atoms with Gasteiger partial charge in [0.05, 0.1) is 7.11 Å². The molecule has 4 aliphatic carbocycles. The van der Waals surface area contributed by atoms with Gasteiger partial charge in [-0.15, -0.1) is 12.3 Å². The molecule has 3 saturated carbocycles. The van der Waals surface area contributed by atoms with Gasteiger partial charge in [0, 0.05) is 41.4 Å². The third kappa shape index (κ3) is 2.00. The van der Waals surface area contributed by atoms with Gasteiger partial charge in [0.2, 0.25) is 0 Å². The molecule has 2 bridgehead atoms. The minimum Gasteiger partial charge on any atom is -0.497 e. The molecule has 4 aliphatic rings. The summed E-state index contributed by atoms with van der Waals surface area (Å²) in [6.45, 7) is 2.34. The van der Waals surface area contributed by atoms with Crippen LogP contribution in [0, 0.1) is 40.9 Å². The number of Topliss-reactive ketones (excluding diaryl/α,β-unsaturated/α-hetero) is 2. The highest BCUT2D eigenvalue weighted by Crippen LogP contribution is 2.79. The fraction of sp³-hybridized carbons (Fsp3) is 0.538. The van der Waals surface area contributed by atoms with Crippen molar-refractivity contribution in [1.29, 1.82) is 0 Å². The molecule has 150 valence electrons. The van der Waals surface area contributed by atoms with E-state index < -0.39 is 5.41 Å². The average Bonchev–Trinajstić information content (AvgIpc) is 3.12. The molecule has 6 atom stereocenters. The van der Waals surface area contributed by atoms with Gasteiger partial charge in [0.25, 0.3) is 0 Å². The van der Waals surface area contributed by atoms with Crippen LogP contribution in [0.3, 0.4) is 0 Å². The molecule has 0 spiro atoms. The molecule has 3 nitrogen and oxygen atoms in total. The summed E-state index contributed by atoms with van der Waals surface area (Å²) >= 11 is 0. The Morgan fingerprint density at radius 2 is 1.83 bits per heavy atom. The van der Waals surface area contributed by atoms with Crippen LogP contribution in [0.15, 0.2) is 36.4 Å². The lowest BCUT2D eigenvalue weighted by Gasteiger charge is -2.50. The van der Waals surface area contributed by atoms with Crippen LogP contribution in [0.5, 0.6) is 5.75 Å². The first-order valence-electron chi connectivity index (χ1n) is 10.8. The average molecular weight is 389 g/mol. The Morgan fingerprint density at radius 3 is 2.52 bits per heavy atom. The van der Waals surface area contributed by atoms with Crippen molar-refractivity contribution in [3.05, 3.63) is 42.0 Å². The molecule has 0 heterocycles. The van der Waals surface area contributed by atoms with Crippen molar-refractivity contribution in [1.82, 2.24) is 0 Å². The van der Waals surface area contributed by atoms with Gasteiger partial charge in [-0.05, 0) is 36.0 Å². The lowest BCUT2D eigenvalue weighted by molar-refractivity contribution is -0.144. The largest absolute Gasteiger partial charge is 0.497 e. The number of methoxy groups -OCH3 is 1. The Balaban J connectivity index is 1.75. The van der Waals surface area contributed by atoms with Crippen LogP contribution in [-0.4, -0.2) is 18.7 Å². The van der Waals surface area contributed by atoms with Crippen molar-refractivity contribution in [3.8, 4) is 18.1 Å². The van der Waals surface area contributed by atoms with E-state index in [-0.39, 0.29) is 40.2 Å². The highest BCUT2D eigenvalue weighted by Gasteiger charge is 2.79. The molecule has 0 radical (unpaired) electrons. The number of carbonyl (C=O) groups is 2. The van der Waals surface area contributed by atoms with Crippen LogP contribution in [0.25, 0.3) is 0 Å². The third-order valence-corrected chi connectivity index (χ3v) is 8.92. The quantitative estimate of drug-likeness (QED) is 0.566. The lowest BCUT2D eigenvalue weighted by atomic mass is 9.52. The molecule has 5 rings (SSSR count). The highest BCUT2D eigenvalue weighted by molar-refractivity contribution is 6.01. The first-order chi connectivity index (χ1) is 13.9. The van der Waals surface area contributed by atoms with Gasteiger partial charge < -0.3 is 4.74 Å². The maximum atomic E-state index is 13.8. The molecule has 0 N–H and O–H groups in total. The van der Waals surface area contributed by atoms with E-state index in [1.54, 1.807) is 7.11 Å². The molecule has 3 fully saturated rings. The maximum absolute atomic E-state index is 13.8. The van der Waals surface area contributed by atoms with E-state index in [9.17, 15) is 9.59 Å². The van der Waals surface area contributed by atoms with Gasteiger partial charge in [0.15, 0.2) is 0 Å². The summed E-state index contributed by atoms with van der Waals surface area (Å²) in [6.07, 6.45) is 15.2. The first-order valence-corrected chi connectivity index (χ1v) is 10.8. The number of allylic oxidation sites excluding steroid dienone is 2. The van der Waals surface area contributed by atoms with Crippen LogP contribution in [-0.2, 0) is 15.0 Å². The summed E-state index contributed by atoms with van der Waals surface area (Å²) in [5.41, 5.74) is 0.364. The van der Waals surface area contributed by atoms with E-state index in [1.807, 2.05) is 12.1 Å². The Kier molecular flexibility index (Phi) is 3.92. The Hall–Kier alpha value is -2.34. The summed E-state index contributed by atoms with van der Waals surface area (Å²) in [7, 11) is 1.66. The highest BCUT2D eigenvalue weighted by atomic mass is 16.5. The molecule has 0 amide bonds. The van der Waals surface area contributed by atoms with Crippen molar-refractivity contribution >= 4 is 11.6 Å². The number of carbonyl (C=O) groups excluding carboxylic acids is 2. The SMILES string of the molecule is C#CC[C@H]1CC(=O)[C@H]2[C@@H](C1=O)[C@@]1(c3ccc(OC)cc3)C=C[C@@]23CCCC[C@]13C. The van der Waals surface area contributed by atoms with E-state index in [0.717, 1.165) is 37.0 Å². The number of fused-ring (bicyclic) bond motifs is 2. The van der Waals surface area contributed by atoms with E-state index >= 15 is 0 Å². The van der Waals surface area contributed by atoms with Crippen LogP contribution in [0.2, 0.25) is 0 Å². The normalized spacial score (nSPS) is 42.3. The summed E-state index contributed by atoms with van der Waals surface area (Å²) in [6, 6.07) is 8.16. The second kappa shape index (κ2) is 6.08. The Morgan fingerprint density at radius 1 is 1.10 bits per heavy atom. The number of rotatable bonds is 3. The zero-order valence-electron chi connectivity index (χ0n) is 17.2. The smallest absolute Gasteiger partial charge is 0.142 e. The van der Waals surface area contributed by atoms with Crippen LogP contribution >= 0.6 is 0 Å². The van der Waals surface area contributed by atoms with Crippen molar-refractivity contribution in [2.24, 2.45) is 28.6 Å². The first kappa shape index (κ1) is 18.7. The van der Waals surface area contributed by atoms with Crippen LogP contribution in [0.4, 0.5) is 0 Å². The Bertz CT molecular complexity index is 951. The number of ether oxygens (including phenoxy) is 1. The molecule has 0 aliphatic heterocycles. The molecule has 0 unspecified atom stereocenters. The van der Waals surface area contributed by atoms with Crippen molar-refractivity contribution in [2.75, 3.05) is 7.11 Å². The molecule has 3 heteroatoms. The third-order valence-electron chi connectivity index (χ3n) is 8.92. The van der Waals surface area contributed by atoms with Gasteiger partial charge >= 0.3 is 0 Å². The summed E-state index contributed by atoms with van der Waals surface area (Å²) in [5.74, 6) is 3.07. The van der Waals surface area contributed by atoms with Crippen molar-refractivity contribution in [3.63, 3.8) is 0 Å². The minimum absolute atomic E-state index is 0.126. The molecule has 1 aromatic carbocycles. The summed E-state index contributed by atoms with van der Waals surface area (Å²) in [5, 5.41) is 0. The summed E-state index contributed by atoms with van der Waals surface area (Å²) < 4.78 is 5.37. The van der Waals surface area contributed by atoms with Crippen molar-refractivity contribution < 1.29 is 14.3 Å². The second-order valence-electron chi connectivity index (χ2n) is 9.64. The van der Waals surface area contributed by atoms with Crippen LogP contribution < -0.4 is 4.74 Å². The van der Waals surface area contributed by atoms with Crippen LogP contribution in [0.1, 0.15) is 51.0 Å². The fourth-order valence-electron chi connectivity index (χ4n) is 7.70. The number of benzene rings is 1. The number of ketones is 2. The fourth-order valence-corrected chi connectivity index (χ4v) is 7.70. The molecular weight excluding hydrogens is 360 g/mol. The van der Waals surface area contributed by atoms with E-state index in [1.165, 1.54) is 0 Å². The molecule has 1 aromatic rings. The number of hydrogen-bond donors (Lipinski definition) is 0. The predicted octanol–water partition coefficient (Wildman–Crippen LogP) is 4.50. The number of hydrogen-bond acceptors (Lipinski definition) is 3. The topological polar surface area (TPSA) is 43.4 Å². The van der Waals surface area contributed by atoms with Gasteiger partial charge in [-0.1, -0.05) is 44.1 Å². The maximum Gasteiger partial charge on any atom is 0.142 e. The molecule has 0 saturated heterocycles. The molecule has 29 heavy (non-hydrogen) atoms. The predicted molar refractivity (Wildman–Crippen MR) is 111 cm³/mol. The Labute approximate surface area is 172 Å². The van der Waals surface area contributed by atoms with Gasteiger partial charge in [0.1, 0.15) is 17.3 Å². The zero-order valence-corrected chi connectivity index (χ0v) is 17.2. The standard InChI is InChI=1S/C26H28O3/c1-4-7-17-16-20(27)21-22(23(17)28)26(18-8-10-19(29-3)11-9-18)15-14-25(21)13-6-5-12-24(25,26)2/h1,8-11,14-15,17,21-22H,5-7,12-13,16H2,2-3H3/t17-,21-,22-,24-,25-,26-/m0/s1. The van der Waals surface area contributed by atoms with Gasteiger partial charge in [-0.2, -0.15) is 0 Å². The van der Waals surface area contributed by atoms with E-state index in [2.05, 4.69) is 37.1 Å². The lowest BCUT2D eigenvalue weighted by Crippen LogP contribution is -2.50. The minimum atomic E-state index is -0.440. The van der Waals surface area contributed by atoms with Crippen molar-refractivity contribution in [2.45, 2.75) is 50.9 Å². The second-order valence-corrected chi connectivity index (χ2v) is 9.64. The van der Waals surface area contributed by atoms with E-state index in [0.29, 0.717) is 12.8 Å². The number of terminal acetylenes is 1. The molecular formula is C26H28O3. The van der Waals surface area contributed by atoms with Gasteiger partial charge in [-0.3, -0.25) is 9.59 Å². The summed E-state index contributed by atoms with van der Waals surface area (Å²) in [4.78, 5) is 27.3. The molecule has 0 aromatic heterocycles. The zero-order chi connectivity index (χ0) is 20.4. The van der Waals surface area contributed by atoms with Gasteiger partial charge in [-0.25, -0.2) is 0 Å². The van der Waals surface area contributed by atoms with E-state index in [4.69, 9.17) is 11.2 Å².